The van der Waals surface area contributed by atoms with Crippen molar-refractivity contribution in [3.8, 4) is 0 Å². The molecule has 0 radical (unpaired) electrons. The summed E-state index contributed by atoms with van der Waals surface area (Å²) in [5.74, 6) is -0.604. The highest BCUT2D eigenvalue weighted by Gasteiger charge is 2.31. The lowest BCUT2D eigenvalue weighted by atomic mass is 10.1. The number of nitrogens with two attached hydrogens (primary N) is 1. The van der Waals surface area contributed by atoms with Gasteiger partial charge in [-0.2, -0.15) is 13.2 Å². The number of alkyl halides is 3. The third-order valence-corrected chi connectivity index (χ3v) is 1.77. The van der Waals surface area contributed by atoms with Gasteiger partial charge in [-0.05, 0) is 18.2 Å². The summed E-state index contributed by atoms with van der Waals surface area (Å²) in [5.41, 5.74) is 4.14. The lowest BCUT2D eigenvalue weighted by Crippen LogP contribution is -2.19. The zero-order valence-corrected chi connectivity index (χ0v) is 7.85. The molecule has 0 saturated carbocycles. The fourth-order valence-electron chi connectivity index (χ4n) is 1.09. The van der Waals surface area contributed by atoms with E-state index in [1.165, 1.54) is 13.1 Å². The van der Waals surface area contributed by atoms with Gasteiger partial charge in [0.15, 0.2) is 0 Å². The van der Waals surface area contributed by atoms with E-state index in [0.29, 0.717) is 0 Å². The summed E-state index contributed by atoms with van der Waals surface area (Å²) < 4.78 is 37.0. The zero-order valence-electron chi connectivity index (χ0n) is 7.85. The van der Waals surface area contributed by atoms with Gasteiger partial charge in [-0.3, -0.25) is 4.79 Å². The first kappa shape index (κ1) is 11.4. The molecule has 6 heteroatoms. The van der Waals surface area contributed by atoms with E-state index in [4.69, 9.17) is 5.73 Å². The van der Waals surface area contributed by atoms with E-state index in [0.717, 1.165) is 12.1 Å². The molecule has 82 valence electrons. The maximum Gasteiger partial charge on any atom is 0.416 e. The van der Waals surface area contributed by atoms with Crippen LogP contribution in [0.15, 0.2) is 18.2 Å². The van der Waals surface area contributed by atoms with Crippen molar-refractivity contribution in [3.05, 3.63) is 29.3 Å². The monoisotopic (exact) mass is 218 g/mol. The van der Waals surface area contributed by atoms with Crippen molar-refractivity contribution >= 4 is 11.6 Å². The Labute approximate surface area is 84.1 Å². The minimum Gasteiger partial charge on any atom is -0.399 e. The topological polar surface area (TPSA) is 55.1 Å². The van der Waals surface area contributed by atoms with E-state index in [1.54, 1.807) is 0 Å². The Hall–Kier alpha value is -1.72. The molecular formula is C9H9F3N2O. The molecular weight excluding hydrogens is 209 g/mol. The lowest BCUT2D eigenvalue weighted by Gasteiger charge is -2.09. The first-order valence-corrected chi connectivity index (χ1v) is 4.04. The summed E-state index contributed by atoms with van der Waals surface area (Å²) in [6.45, 7) is 0. The number of nitrogens with one attached hydrogen (secondary N) is 1. The fraction of sp³-hybridized carbons (Fsp3) is 0.222. The van der Waals surface area contributed by atoms with E-state index in [-0.39, 0.29) is 11.3 Å². The first-order valence-electron chi connectivity index (χ1n) is 4.04. The molecule has 0 unspecified atom stereocenters. The van der Waals surface area contributed by atoms with E-state index >= 15 is 0 Å². The van der Waals surface area contributed by atoms with E-state index in [9.17, 15) is 18.0 Å². The Morgan fingerprint density at radius 2 is 1.93 bits per heavy atom. The van der Waals surface area contributed by atoms with Crippen LogP contribution in [0.2, 0.25) is 0 Å². The highest BCUT2D eigenvalue weighted by atomic mass is 19.4. The second kappa shape index (κ2) is 3.80. The smallest absolute Gasteiger partial charge is 0.399 e. The Kier molecular flexibility index (Phi) is 2.88. The zero-order chi connectivity index (χ0) is 11.6. The van der Waals surface area contributed by atoms with Crippen LogP contribution < -0.4 is 11.1 Å². The van der Waals surface area contributed by atoms with Crippen molar-refractivity contribution in [2.24, 2.45) is 0 Å². The van der Waals surface area contributed by atoms with Crippen LogP contribution in [0.1, 0.15) is 15.9 Å². The number of hydrogen-bond donors (Lipinski definition) is 2. The Morgan fingerprint density at radius 3 is 2.40 bits per heavy atom. The van der Waals surface area contributed by atoms with Crippen LogP contribution in [0.25, 0.3) is 0 Å². The summed E-state index contributed by atoms with van der Waals surface area (Å²) in [6.07, 6.45) is -4.50. The molecule has 3 N–H and O–H groups in total. The molecule has 0 saturated heterocycles. The van der Waals surface area contributed by atoms with Gasteiger partial charge < -0.3 is 11.1 Å². The number of rotatable bonds is 1. The molecule has 0 aliphatic carbocycles. The molecule has 1 aromatic carbocycles. The highest BCUT2D eigenvalue weighted by Crippen LogP contribution is 2.31. The molecule has 0 spiro atoms. The van der Waals surface area contributed by atoms with Crippen LogP contribution >= 0.6 is 0 Å². The largest absolute Gasteiger partial charge is 0.416 e. The second-order valence-corrected chi connectivity index (χ2v) is 2.92. The molecule has 0 bridgehead atoms. The van der Waals surface area contributed by atoms with Gasteiger partial charge in [0.1, 0.15) is 0 Å². The minimum absolute atomic E-state index is 0.0941. The predicted octanol–water partition coefficient (Wildman–Crippen LogP) is 1.65. The normalized spacial score (nSPS) is 11.2. The molecule has 1 aromatic rings. The number of benzene rings is 1. The minimum atomic E-state index is -4.50. The number of anilines is 1. The molecule has 0 atom stereocenters. The summed E-state index contributed by atoms with van der Waals surface area (Å²) in [4.78, 5) is 11.1. The molecule has 3 nitrogen and oxygen atoms in total. The number of nitrogen functional groups attached to an aromatic ring is 1. The number of hydrogen-bond acceptors (Lipinski definition) is 2. The number of halogens is 3. The van der Waals surface area contributed by atoms with E-state index < -0.39 is 17.6 Å². The Balaban J connectivity index is 3.23. The summed E-state index contributed by atoms with van der Waals surface area (Å²) >= 11 is 0. The molecule has 0 fully saturated rings. The number of carbonyl (C=O) groups is 1. The van der Waals surface area contributed by atoms with Gasteiger partial charge in [0.25, 0.3) is 5.91 Å². The van der Waals surface area contributed by atoms with Crippen molar-refractivity contribution in [1.29, 1.82) is 0 Å². The molecule has 0 aliphatic rings. The van der Waals surface area contributed by atoms with E-state index in [1.807, 2.05) is 0 Å². The highest BCUT2D eigenvalue weighted by molar-refractivity contribution is 5.95. The lowest BCUT2D eigenvalue weighted by molar-refractivity contribution is -0.137. The van der Waals surface area contributed by atoms with Crippen LogP contribution in [0.3, 0.4) is 0 Å². The average Bonchev–Trinajstić information content (AvgIpc) is 2.14. The summed E-state index contributed by atoms with van der Waals surface area (Å²) in [6, 6.07) is 2.73. The molecule has 15 heavy (non-hydrogen) atoms. The van der Waals surface area contributed by atoms with Gasteiger partial charge in [0.05, 0.1) is 5.56 Å². The quantitative estimate of drug-likeness (QED) is 0.704. The average molecular weight is 218 g/mol. The van der Waals surface area contributed by atoms with Crippen LogP contribution in [0, 0.1) is 0 Å². The van der Waals surface area contributed by atoms with Gasteiger partial charge in [-0.15, -0.1) is 0 Å². The molecule has 0 aromatic heterocycles. The van der Waals surface area contributed by atoms with Crippen molar-refractivity contribution < 1.29 is 18.0 Å². The van der Waals surface area contributed by atoms with Gasteiger partial charge in [0, 0.05) is 18.3 Å². The number of amides is 1. The summed E-state index contributed by atoms with van der Waals surface area (Å²) in [7, 11) is 1.33. The number of carbonyl (C=O) groups excluding carboxylic acids is 1. The maximum atomic E-state index is 12.3. The molecule has 1 rings (SSSR count). The second-order valence-electron chi connectivity index (χ2n) is 2.92. The van der Waals surface area contributed by atoms with Crippen LogP contribution in [0.5, 0.6) is 0 Å². The van der Waals surface area contributed by atoms with E-state index in [2.05, 4.69) is 5.32 Å². The van der Waals surface area contributed by atoms with Gasteiger partial charge in [-0.1, -0.05) is 0 Å². The third kappa shape index (κ3) is 2.61. The van der Waals surface area contributed by atoms with Crippen LogP contribution in [0.4, 0.5) is 18.9 Å². The third-order valence-electron chi connectivity index (χ3n) is 1.77. The van der Waals surface area contributed by atoms with Crippen molar-refractivity contribution in [2.75, 3.05) is 12.8 Å². The summed E-state index contributed by atoms with van der Waals surface area (Å²) in [5, 5.41) is 2.23. The van der Waals surface area contributed by atoms with Crippen molar-refractivity contribution in [1.82, 2.24) is 5.32 Å². The van der Waals surface area contributed by atoms with Crippen LogP contribution in [-0.4, -0.2) is 13.0 Å². The maximum absolute atomic E-state index is 12.3. The standard InChI is InChI=1S/C9H9F3N2O/c1-14-8(15)5-2-6(9(10,11)12)4-7(13)3-5/h2-4H,13H2,1H3,(H,14,15). The Bertz CT molecular complexity index is 387. The predicted molar refractivity (Wildman–Crippen MR) is 49.2 cm³/mol. The van der Waals surface area contributed by atoms with Crippen molar-refractivity contribution in [3.63, 3.8) is 0 Å². The SMILES string of the molecule is CNC(=O)c1cc(N)cc(C(F)(F)F)c1. The van der Waals surface area contributed by atoms with Crippen molar-refractivity contribution in [2.45, 2.75) is 6.18 Å². The fourth-order valence-corrected chi connectivity index (χ4v) is 1.09. The van der Waals surface area contributed by atoms with Gasteiger partial charge in [0.2, 0.25) is 0 Å². The first-order chi connectivity index (χ1) is 6.84. The Morgan fingerprint density at radius 1 is 1.33 bits per heavy atom. The molecule has 0 aliphatic heterocycles. The van der Waals surface area contributed by atoms with Crippen LogP contribution in [-0.2, 0) is 6.18 Å². The van der Waals surface area contributed by atoms with Gasteiger partial charge >= 0.3 is 6.18 Å². The van der Waals surface area contributed by atoms with Gasteiger partial charge in [-0.25, -0.2) is 0 Å². The molecule has 0 heterocycles. The molecule has 1 amide bonds.